The van der Waals surface area contributed by atoms with E-state index in [-0.39, 0.29) is 0 Å². The molecule has 8 aromatic carbocycles. The first-order valence-corrected chi connectivity index (χ1v) is 16.9. The second kappa shape index (κ2) is 10.1. The fourth-order valence-corrected chi connectivity index (χ4v) is 8.45. The topological polar surface area (TPSA) is 26.3 Å². The van der Waals surface area contributed by atoms with Gasteiger partial charge in [0.05, 0.1) is 6.26 Å². The van der Waals surface area contributed by atoms with Crippen molar-refractivity contribution in [3.05, 3.63) is 169 Å². The summed E-state index contributed by atoms with van der Waals surface area (Å²) in [6.45, 7) is 0. The van der Waals surface area contributed by atoms with E-state index in [1.165, 1.54) is 60.5 Å². The van der Waals surface area contributed by atoms with Crippen molar-refractivity contribution in [1.29, 1.82) is 0 Å². The molecule has 0 unspecified atom stereocenters. The summed E-state index contributed by atoms with van der Waals surface area (Å²) in [4.78, 5) is 0. The summed E-state index contributed by atoms with van der Waals surface area (Å²) in [5.41, 5.74) is 15.1. The lowest BCUT2D eigenvalue weighted by Crippen LogP contribution is -1.93. The SMILES string of the molecule is c1ccc(-c2coc3c2ccc2c4ccc(-c5c6ccccc6c(-c6cccc7c6-c6ccccc6C7)c6ccccc56)cc4oc23)cc1. The number of hydrogen-bond donors (Lipinski definition) is 0. The molecule has 10 aromatic rings. The largest absolute Gasteiger partial charge is 0.460 e. The molecule has 1 aliphatic rings. The Labute approximate surface area is 282 Å². The quantitative estimate of drug-likeness (QED) is 0.183. The molecule has 0 atom stereocenters. The highest BCUT2D eigenvalue weighted by Gasteiger charge is 2.25. The predicted molar refractivity (Wildman–Crippen MR) is 203 cm³/mol. The van der Waals surface area contributed by atoms with Crippen LogP contribution in [0.25, 0.3) is 99.0 Å². The van der Waals surface area contributed by atoms with Gasteiger partial charge in [0.25, 0.3) is 0 Å². The molecule has 0 radical (unpaired) electrons. The number of rotatable bonds is 3. The van der Waals surface area contributed by atoms with Gasteiger partial charge in [-0.1, -0.05) is 127 Å². The fourth-order valence-electron chi connectivity index (χ4n) is 8.45. The number of fused-ring (bicyclic) bond motifs is 10. The first-order chi connectivity index (χ1) is 24.3. The summed E-state index contributed by atoms with van der Waals surface area (Å²) in [6, 6.07) is 54.9. The van der Waals surface area contributed by atoms with Gasteiger partial charge in [-0.25, -0.2) is 0 Å². The summed E-state index contributed by atoms with van der Waals surface area (Å²) in [5.74, 6) is 0. The Hall–Kier alpha value is -6.38. The maximum atomic E-state index is 6.68. The summed E-state index contributed by atoms with van der Waals surface area (Å²) < 4.78 is 12.9. The van der Waals surface area contributed by atoms with Crippen molar-refractivity contribution in [1.82, 2.24) is 0 Å². The van der Waals surface area contributed by atoms with E-state index < -0.39 is 0 Å². The zero-order valence-electron chi connectivity index (χ0n) is 26.5. The maximum absolute atomic E-state index is 6.68. The van der Waals surface area contributed by atoms with Gasteiger partial charge >= 0.3 is 0 Å². The minimum atomic E-state index is 0.784. The van der Waals surface area contributed by atoms with Crippen LogP contribution in [0.3, 0.4) is 0 Å². The van der Waals surface area contributed by atoms with Gasteiger partial charge in [-0.15, -0.1) is 0 Å². The molecule has 0 saturated heterocycles. The lowest BCUT2D eigenvalue weighted by Gasteiger charge is -2.19. The third-order valence-electron chi connectivity index (χ3n) is 10.6. The Balaban J connectivity index is 1.16. The number of benzene rings is 8. The van der Waals surface area contributed by atoms with E-state index in [2.05, 4.69) is 146 Å². The Morgan fingerprint density at radius 1 is 0.367 bits per heavy atom. The second-order valence-electron chi connectivity index (χ2n) is 13.2. The minimum absolute atomic E-state index is 0.784. The van der Waals surface area contributed by atoms with Gasteiger partial charge in [-0.2, -0.15) is 0 Å². The molecule has 0 aliphatic heterocycles. The second-order valence-corrected chi connectivity index (χ2v) is 13.2. The monoisotopic (exact) mass is 624 g/mol. The van der Waals surface area contributed by atoms with Crippen LogP contribution in [0.1, 0.15) is 11.1 Å². The molecule has 228 valence electrons. The molecule has 0 fully saturated rings. The fraction of sp³-hybridized carbons (Fsp3) is 0.0213. The predicted octanol–water partition coefficient (Wildman–Crippen LogP) is 13.2. The van der Waals surface area contributed by atoms with E-state index in [1.54, 1.807) is 0 Å². The molecule has 11 rings (SSSR count). The van der Waals surface area contributed by atoms with Crippen molar-refractivity contribution < 1.29 is 8.83 Å². The Morgan fingerprint density at radius 3 is 1.80 bits per heavy atom. The molecule has 0 N–H and O–H groups in total. The molecule has 2 aromatic heterocycles. The van der Waals surface area contributed by atoms with Gasteiger partial charge in [0.2, 0.25) is 0 Å². The van der Waals surface area contributed by atoms with E-state index in [0.29, 0.717) is 0 Å². The van der Waals surface area contributed by atoms with Gasteiger partial charge < -0.3 is 8.83 Å². The molecule has 49 heavy (non-hydrogen) atoms. The summed E-state index contributed by atoms with van der Waals surface area (Å²) in [7, 11) is 0. The minimum Gasteiger partial charge on any atom is -0.460 e. The van der Waals surface area contributed by atoms with Crippen molar-refractivity contribution in [2.75, 3.05) is 0 Å². The lowest BCUT2D eigenvalue weighted by atomic mass is 9.83. The molecular formula is C47H28O2. The van der Waals surface area contributed by atoms with Crippen molar-refractivity contribution >= 4 is 54.5 Å². The zero-order valence-corrected chi connectivity index (χ0v) is 26.5. The van der Waals surface area contributed by atoms with Crippen molar-refractivity contribution in [2.45, 2.75) is 6.42 Å². The van der Waals surface area contributed by atoms with E-state index in [1.807, 2.05) is 12.3 Å². The van der Waals surface area contributed by atoms with Gasteiger partial charge in [0.15, 0.2) is 11.2 Å². The zero-order chi connectivity index (χ0) is 32.1. The molecule has 2 heterocycles. The van der Waals surface area contributed by atoms with E-state index in [4.69, 9.17) is 8.83 Å². The average molecular weight is 625 g/mol. The van der Waals surface area contributed by atoms with Crippen LogP contribution in [-0.2, 0) is 6.42 Å². The summed E-state index contributed by atoms with van der Waals surface area (Å²) in [6.07, 6.45) is 2.82. The van der Waals surface area contributed by atoms with E-state index in [9.17, 15) is 0 Å². The van der Waals surface area contributed by atoms with Gasteiger partial charge in [-0.05, 0) is 102 Å². The Kier molecular flexibility index (Phi) is 5.47. The van der Waals surface area contributed by atoms with Crippen molar-refractivity contribution in [2.24, 2.45) is 0 Å². The highest BCUT2D eigenvalue weighted by molar-refractivity contribution is 6.23. The van der Waals surface area contributed by atoms with Crippen LogP contribution >= 0.6 is 0 Å². The van der Waals surface area contributed by atoms with Crippen LogP contribution in [0, 0.1) is 0 Å². The van der Waals surface area contributed by atoms with Gasteiger partial charge in [0, 0.05) is 21.7 Å². The van der Waals surface area contributed by atoms with Crippen LogP contribution in [0.2, 0.25) is 0 Å². The highest BCUT2D eigenvalue weighted by Crippen LogP contribution is 2.50. The van der Waals surface area contributed by atoms with Gasteiger partial charge in [-0.3, -0.25) is 0 Å². The van der Waals surface area contributed by atoms with Crippen LogP contribution in [0.4, 0.5) is 0 Å². The number of furan rings is 2. The van der Waals surface area contributed by atoms with E-state index >= 15 is 0 Å². The smallest absolute Gasteiger partial charge is 0.178 e. The summed E-state index contributed by atoms with van der Waals surface area (Å²) in [5, 5.41) is 8.18. The summed E-state index contributed by atoms with van der Waals surface area (Å²) >= 11 is 0. The maximum Gasteiger partial charge on any atom is 0.178 e. The first kappa shape index (κ1) is 26.7. The Bertz CT molecular complexity index is 2900. The molecular weight excluding hydrogens is 597 g/mol. The highest BCUT2D eigenvalue weighted by atomic mass is 16.4. The molecule has 0 bridgehead atoms. The van der Waals surface area contributed by atoms with Crippen LogP contribution in [-0.4, -0.2) is 0 Å². The molecule has 2 heteroatoms. The first-order valence-electron chi connectivity index (χ1n) is 16.9. The molecule has 0 amide bonds. The standard InChI is InChI=1S/C47H28O2/c1-2-11-28(12-3-1)41-27-48-46-39(41)24-23-38-33-22-21-31(26-42(33)49-47(38)46)44-34-16-6-8-18-36(34)45(37-19-9-7-17-35(37)44)40-20-10-14-30-25-29-13-4-5-15-32(29)43(30)40/h1-24,26-27H,25H2. The van der Waals surface area contributed by atoms with Gasteiger partial charge in [0.1, 0.15) is 5.58 Å². The third kappa shape index (κ3) is 3.77. The molecule has 0 saturated carbocycles. The Morgan fingerprint density at radius 2 is 1.00 bits per heavy atom. The third-order valence-corrected chi connectivity index (χ3v) is 10.6. The van der Waals surface area contributed by atoms with Crippen LogP contribution < -0.4 is 0 Å². The number of hydrogen-bond acceptors (Lipinski definition) is 2. The van der Waals surface area contributed by atoms with Crippen LogP contribution in [0.5, 0.6) is 0 Å². The molecule has 2 nitrogen and oxygen atoms in total. The molecule has 1 aliphatic carbocycles. The van der Waals surface area contributed by atoms with Crippen molar-refractivity contribution in [3.63, 3.8) is 0 Å². The lowest BCUT2D eigenvalue weighted by molar-refractivity contribution is 0.600. The normalized spacial score (nSPS) is 12.4. The average Bonchev–Trinajstić information content (AvgIpc) is 3.87. The van der Waals surface area contributed by atoms with E-state index in [0.717, 1.165) is 56.0 Å². The van der Waals surface area contributed by atoms with Crippen LogP contribution in [0.15, 0.2) is 167 Å². The molecule has 0 spiro atoms. The van der Waals surface area contributed by atoms with Crippen molar-refractivity contribution in [3.8, 4) is 44.5 Å².